The quantitative estimate of drug-likeness (QED) is 0.314. The minimum atomic E-state index is -0.527. The molecule has 1 aromatic carbocycles. The zero-order valence-electron chi connectivity index (χ0n) is 11.3. The van der Waals surface area contributed by atoms with Crippen molar-refractivity contribution >= 4 is 33.2 Å². The first-order valence-electron chi connectivity index (χ1n) is 6.38. The van der Waals surface area contributed by atoms with E-state index in [1.165, 1.54) is 18.2 Å². The van der Waals surface area contributed by atoms with Gasteiger partial charge in [-0.05, 0) is 6.07 Å². The van der Waals surface area contributed by atoms with Crippen molar-refractivity contribution in [1.29, 1.82) is 0 Å². The zero-order chi connectivity index (χ0) is 15.4. The molecule has 0 radical (unpaired) electrons. The van der Waals surface area contributed by atoms with E-state index in [2.05, 4.69) is 15.9 Å². The summed E-state index contributed by atoms with van der Waals surface area (Å²) < 4.78 is 16.4. The van der Waals surface area contributed by atoms with Crippen molar-refractivity contribution < 1.29 is 19.1 Å². The fourth-order valence-corrected chi connectivity index (χ4v) is 3.11. The van der Waals surface area contributed by atoms with Crippen LogP contribution in [0.2, 0.25) is 5.02 Å². The standard InChI is InChI=1S/C13H15BrClNO5/c1-19-4-5-20-13-9(14)7-12(13)21-8-2-3-11(16(17)18)10(15)6-8/h2-3,6,9,12-13H,4-5,7H2,1H3. The van der Waals surface area contributed by atoms with Gasteiger partial charge in [-0.1, -0.05) is 27.5 Å². The molecule has 2 rings (SSSR count). The first-order chi connectivity index (χ1) is 10.0. The molecule has 0 spiro atoms. The summed E-state index contributed by atoms with van der Waals surface area (Å²) in [4.78, 5) is 10.4. The molecule has 1 fully saturated rings. The zero-order valence-corrected chi connectivity index (χ0v) is 13.7. The normalized spacial score (nSPS) is 24.4. The van der Waals surface area contributed by atoms with E-state index in [1.807, 2.05) is 0 Å². The molecular formula is C13H15BrClNO5. The van der Waals surface area contributed by atoms with Crippen LogP contribution in [0.4, 0.5) is 5.69 Å². The molecule has 0 saturated heterocycles. The lowest BCUT2D eigenvalue weighted by molar-refractivity contribution is -0.384. The number of alkyl halides is 1. The Hall–Kier alpha value is -0.890. The van der Waals surface area contributed by atoms with Crippen molar-refractivity contribution in [2.24, 2.45) is 0 Å². The third-order valence-corrected chi connectivity index (χ3v) is 4.38. The minimum Gasteiger partial charge on any atom is -0.488 e. The summed E-state index contributed by atoms with van der Waals surface area (Å²) in [6, 6.07) is 4.33. The molecule has 6 nitrogen and oxygen atoms in total. The number of nitro benzene ring substituents is 1. The van der Waals surface area contributed by atoms with Crippen molar-refractivity contribution in [2.75, 3.05) is 20.3 Å². The number of benzene rings is 1. The fourth-order valence-electron chi connectivity index (χ4n) is 2.01. The SMILES string of the molecule is COCCOC1C(Br)CC1Oc1ccc([N+](=O)[O-])c(Cl)c1. The second-order valence-corrected chi connectivity index (χ2v) is 6.19. The van der Waals surface area contributed by atoms with Gasteiger partial charge in [0.15, 0.2) is 0 Å². The lowest BCUT2D eigenvalue weighted by atomic mass is 9.91. The minimum absolute atomic E-state index is 0.0593. The highest BCUT2D eigenvalue weighted by atomic mass is 79.9. The Balaban J connectivity index is 1.95. The van der Waals surface area contributed by atoms with Crippen LogP contribution in [0.5, 0.6) is 5.75 Å². The molecule has 0 bridgehead atoms. The summed E-state index contributed by atoms with van der Waals surface area (Å²) in [5, 5.41) is 10.8. The molecule has 116 valence electrons. The third kappa shape index (κ3) is 4.06. The van der Waals surface area contributed by atoms with E-state index < -0.39 is 4.92 Å². The van der Waals surface area contributed by atoms with Gasteiger partial charge >= 0.3 is 0 Å². The number of ether oxygens (including phenoxy) is 3. The van der Waals surface area contributed by atoms with Crippen LogP contribution in [0, 0.1) is 10.1 Å². The summed E-state index contributed by atoms with van der Waals surface area (Å²) in [5.41, 5.74) is -0.135. The summed E-state index contributed by atoms with van der Waals surface area (Å²) in [7, 11) is 1.61. The Morgan fingerprint density at radius 3 is 2.81 bits per heavy atom. The molecule has 3 atom stereocenters. The van der Waals surface area contributed by atoms with Crippen LogP contribution >= 0.6 is 27.5 Å². The largest absolute Gasteiger partial charge is 0.488 e. The Kier molecular flexibility index (Phi) is 5.80. The van der Waals surface area contributed by atoms with E-state index in [4.69, 9.17) is 25.8 Å². The maximum atomic E-state index is 10.7. The number of nitro groups is 1. The monoisotopic (exact) mass is 379 g/mol. The Bertz CT molecular complexity index is 515. The Labute approximate surface area is 135 Å². The lowest BCUT2D eigenvalue weighted by Gasteiger charge is -2.40. The van der Waals surface area contributed by atoms with Crippen LogP contribution in [0.1, 0.15) is 6.42 Å². The first kappa shape index (κ1) is 16.5. The molecule has 0 aromatic heterocycles. The average Bonchev–Trinajstić information content (AvgIpc) is 2.42. The second kappa shape index (κ2) is 7.40. The molecule has 1 aliphatic carbocycles. The molecule has 1 aliphatic rings. The lowest BCUT2D eigenvalue weighted by Crippen LogP contribution is -2.52. The highest BCUT2D eigenvalue weighted by Crippen LogP contribution is 2.36. The van der Waals surface area contributed by atoms with Gasteiger partial charge in [-0.3, -0.25) is 10.1 Å². The number of halogens is 2. The van der Waals surface area contributed by atoms with Crippen LogP contribution in [-0.4, -0.2) is 42.3 Å². The predicted molar refractivity (Wildman–Crippen MR) is 81.5 cm³/mol. The molecule has 3 unspecified atom stereocenters. The van der Waals surface area contributed by atoms with Crippen molar-refractivity contribution in [3.05, 3.63) is 33.3 Å². The van der Waals surface area contributed by atoms with E-state index in [0.717, 1.165) is 6.42 Å². The number of hydrogen-bond acceptors (Lipinski definition) is 5. The average molecular weight is 381 g/mol. The van der Waals surface area contributed by atoms with Crippen molar-refractivity contribution in [2.45, 2.75) is 23.5 Å². The topological polar surface area (TPSA) is 70.8 Å². The van der Waals surface area contributed by atoms with Gasteiger partial charge in [0.05, 0.1) is 18.1 Å². The fraction of sp³-hybridized carbons (Fsp3) is 0.538. The molecule has 1 aromatic rings. The summed E-state index contributed by atoms with van der Waals surface area (Å²) >= 11 is 9.37. The van der Waals surface area contributed by atoms with Crippen molar-refractivity contribution in [3.63, 3.8) is 0 Å². The molecule has 8 heteroatoms. The van der Waals surface area contributed by atoms with Crippen LogP contribution in [0.15, 0.2) is 18.2 Å². The number of methoxy groups -OCH3 is 1. The van der Waals surface area contributed by atoms with E-state index >= 15 is 0 Å². The van der Waals surface area contributed by atoms with E-state index in [1.54, 1.807) is 7.11 Å². The van der Waals surface area contributed by atoms with Gasteiger partial charge in [0, 0.05) is 30.5 Å². The summed E-state index contributed by atoms with van der Waals surface area (Å²) in [6.45, 7) is 1.01. The number of nitrogens with zero attached hydrogens (tertiary/aromatic N) is 1. The van der Waals surface area contributed by atoms with Crippen LogP contribution < -0.4 is 4.74 Å². The highest BCUT2D eigenvalue weighted by Gasteiger charge is 2.42. The van der Waals surface area contributed by atoms with Gasteiger partial charge in [0.25, 0.3) is 5.69 Å². The Morgan fingerprint density at radius 1 is 1.48 bits per heavy atom. The number of rotatable bonds is 7. The molecule has 0 heterocycles. The summed E-state index contributed by atoms with van der Waals surface area (Å²) in [5.74, 6) is 0.496. The molecular weight excluding hydrogens is 366 g/mol. The maximum Gasteiger partial charge on any atom is 0.288 e. The molecule has 1 saturated carbocycles. The van der Waals surface area contributed by atoms with Crippen molar-refractivity contribution in [1.82, 2.24) is 0 Å². The van der Waals surface area contributed by atoms with E-state index in [-0.39, 0.29) is 27.7 Å². The molecule has 21 heavy (non-hydrogen) atoms. The Morgan fingerprint density at radius 2 is 2.24 bits per heavy atom. The van der Waals surface area contributed by atoms with Gasteiger partial charge in [0.1, 0.15) is 23.0 Å². The highest BCUT2D eigenvalue weighted by molar-refractivity contribution is 9.09. The van der Waals surface area contributed by atoms with Gasteiger partial charge in [-0.15, -0.1) is 0 Å². The third-order valence-electron chi connectivity index (χ3n) is 3.18. The van der Waals surface area contributed by atoms with E-state index in [0.29, 0.717) is 19.0 Å². The molecule has 0 N–H and O–H groups in total. The summed E-state index contributed by atoms with van der Waals surface area (Å²) in [6.07, 6.45) is 0.615. The van der Waals surface area contributed by atoms with Gasteiger partial charge in [-0.2, -0.15) is 0 Å². The maximum absolute atomic E-state index is 10.7. The van der Waals surface area contributed by atoms with Crippen LogP contribution in [-0.2, 0) is 9.47 Å². The van der Waals surface area contributed by atoms with Crippen LogP contribution in [0.3, 0.4) is 0 Å². The second-order valence-electron chi connectivity index (χ2n) is 4.61. The van der Waals surface area contributed by atoms with Gasteiger partial charge in [0.2, 0.25) is 0 Å². The predicted octanol–water partition coefficient (Wildman–Crippen LogP) is 3.19. The number of hydrogen-bond donors (Lipinski definition) is 0. The smallest absolute Gasteiger partial charge is 0.288 e. The van der Waals surface area contributed by atoms with Crippen molar-refractivity contribution in [3.8, 4) is 5.75 Å². The van der Waals surface area contributed by atoms with Crippen LogP contribution in [0.25, 0.3) is 0 Å². The van der Waals surface area contributed by atoms with Gasteiger partial charge < -0.3 is 14.2 Å². The molecule has 0 amide bonds. The first-order valence-corrected chi connectivity index (χ1v) is 7.67. The van der Waals surface area contributed by atoms with Gasteiger partial charge in [-0.25, -0.2) is 0 Å². The molecule has 0 aliphatic heterocycles. The van der Waals surface area contributed by atoms with E-state index in [9.17, 15) is 10.1 Å².